The molecule has 8 N–H and O–H groups in total. The van der Waals surface area contributed by atoms with Gasteiger partial charge in [-0.3, -0.25) is 19.2 Å². The molecule has 4 atom stereocenters. The van der Waals surface area contributed by atoms with Crippen LogP contribution in [0.1, 0.15) is 39.5 Å². The average Bonchev–Trinajstić information content (AvgIpc) is 3.14. The van der Waals surface area contributed by atoms with E-state index in [9.17, 15) is 29.1 Å². The van der Waals surface area contributed by atoms with Gasteiger partial charge in [-0.2, -0.15) is 0 Å². The summed E-state index contributed by atoms with van der Waals surface area (Å²) in [5, 5.41) is 23.1. The van der Waals surface area contributed by atoms with Crippen molar-refractivity contribution in [2.75, 3.05) is 13.2 Å². The van der Waals surface area contributed by atoms with E-state index < -0.39 is 66.8 Å². The van der Waals surface area contributed by atoms with Crippen molar-refractivity contribution in [3.05, 3.63) is 0 Å². The van der Waals surface area contributed by atoms with Gasteiger partial charge in [0.1, 0.15) is 24.2 Å². The summed E-state index contributed by atoms with van der Waals surface area (Å²) in [6.45, 7) is 3.19. The predicted octanol–water partition coefficient (Wildman–Crippen LogP) is -2.73. The second kappa shape index (κ2) is 11.5. The molecule has 1 fully saturated rings. The van der Waals surface area contributed by atoms with Gasteiger partial charge in [-0.1, -0.05) is 13.8 Å². The first kappa shape index (κ1) is 25.3. The summed E-state index contributed by atoms with van der Waals surface area (Å²) < 4.78 is 0. The maximum atomic E-state index is 12.9. The lowest BCUT2D eigenvalue weighted by Crippen LogP contribution is -2.58. The first-order valence-corrected chi connectivity index (χ1v) is 9.76. The molecule has 4 unspecified atom stereocenters. The third-order valence-electron chi connectivity index (χ3n) is 4.71. The molecule has 1 saturated heterocycles. The lowest BCUT2D eigenvalue weighted by atomic mass is 10.0. The molecular formula is C18H31N5O7. The minimum absolute atomic E-state index is 0.0216. The molecule has 0 bridgehead atoms. The molecular weight excluding hydrogens is 398 g/mol. The van der Waals surface area contributed by atoms with E-state index in [2.05, 4.69) is 10.6 Å². The maximum absolute atomic E-state index is 12.9. The molecule has 12 heteroatoms. The first-order valence-electron chi connectivity index (χ1n) is 9.76. The lowest BCUT2D eigenvalue weighted by molar-refractivity contribution is -0.149. The molecule has 30 heavy (non-hydrogen) atoms. The number of rotatable bonds is 11. The number of nitrogens with one attached hydrogen (secondary N) is 2. The summed E-state index contributed by atoms with van der Waals surface area (Å²) in [6, 6.07) is -4.71. The molecule has 0 spiro atoms. The van der Waals surface area contributed by atoms with Gasteiger partial charge >= 0.3 is 5.97 Å². The molecule has 1 aliphatic rings. The lowest BCUT2D eigenvalue weighted by Gasteiger charge is -2.28. The van der Waals surface area contributed by atoms with E-state index in [4.69, 9.17) is 16.6 Å². The molecule has 0 aromatic carbocycles. The van der Waals surface area contributed by atoms with Crippen LogP contribution in [0.15, 0.2) is 0 Å². The number of hydrogen-bond donors (Lipinski definition) is 6. The molecule has 12 nitrogen and oxygen atoms in total. The second-order valence-electron chi connectivity index (χ2n) is 7.74. The standard InChI is InChI=1S/C18H31N5O7/c1-9(2)6-11(21-15(26)10(19)8-24)16(27)22-12(7-14(20)25)17(28)23-5-3-4-13(23)18(29)30/h9-13,24H,3-8,19H2,1-2H3,(H2,20,25)(H,21,26)(H,22,27)(H,29,30). The van der Waals surface area contributed by atoms with Crippen LogP contribution in [0.5, 0.6) is 0 Å². The fraction of sp³-hybridized carbons (Fsp3) is 0.722. The van der Waals surface area contributed by atoms with Crippen molar-refractivity contribution in [2.45, 2.75) is 63.7 Å². The van der Waals surface area contributed by atoms with Gasteiger partial charge in [0, 0.05) is 6.54 Å². The van der Waals surface area contributed by atoms with Gasteiger partial charge in [-0.05, 0) is 25.2 Å². The quantitative estimate of drug-likeness (QED) is 0.203. The Bertz CT molecular complexity index is 669. The SMILES string of the molecule is CC(C)CC(NC(=O)C(N)CO)C(=O)NC(CC(N)=O)C(=O)N1CCCC1C(=O)O. The molecule has 1 aliphatic heterocycles. The van der Waals surface area contributed by atoms with Crippen molar-refractivity contribution in [3.63, 3.8) is 0 Å². The molecule has 0 aromatic rings. The Labute approximate surface area is 174 Å². The van der Waals surface area contributed by atoms with E-state index in [0.717, 1.165) is 4.90 Å². The number of carbonyl (C=O) groups is 5. The highest BCUT2D eigenvalue weighted by Crippen LogP contribution is 2.19. The number of carboxylic acid groups (broad SMARTS) is 1. The van der Waals surface area contributed by atoms with Gasteiger partial charge in [0.05, 0.1) is 13.0 Å². The third-order valence-corrected chi connectivity index (χ3v) is 4.71. The Balaban J connectivity index is 3.00. The minimum Gasteiger partial charge on any atom is -0.480 e. The van der Waals surface area contributed by atoms with E-state index in [1.807, 2.05) is 13.8 Å². The van der Waals surface area contributed by atoms with Crippen molar-refractivity contribution in [3.8, 4) is 0 Å². The van der Waals surface area contributed by atoms with Crippen molar-refractivity contribution in [2.24, 2.45) is 17.4 Å². The number of nitrogens with two attached hydrogens (primary N) is 2. The number of nitrogens with zero attached hydrogens (tertiary/aromatic N) is 1. The average molecular weight is 429 g/mol. The smallest absolute Gasteiger partial charge is 0.326 e. The molecule has 0 saturated carbocycles. The maximum Gasteiger partial charge on any atom is 0.326 e. The zero-order valence-corrected chi connectivity index (χ0v) is 17.2. The Kier molecular flexibility index (Phi) is 9.66. The van der Waals surface area contributed by atoms with Crippen LogP contribution in [0.2, 0.25) is 0 Å². The highest BCUT2D eigenvalue weighted by molar-refractivity contribution is 5.96. The minimum atomic E-state index is -1.37. The topological polar surface area (TPSA) is 205 Å². The number of hydrogen-bond acceptors (Lipinski definition) is 7. The number of carboxylic acids is 1. The molecule has 1 heterocycles. The van der Waals surface area contributed by atoms with Gasteiger partial charge < -0.3 is 37.2 Å². The largest absolute Gasteiger partial charge is 0.480 e. The molecule has 1 rings (SSSR count). The van der Waals surface area contributed by atoms with Gasteiger partial charge in [-0.15, -0.1) is 0 Å². The zero-order valence-electron chi connectivity index (χ0n) is 17.2. The van der Waals surface area contributed by atoms with Crippen LogP contribution in [-0.4, -0.2) is 82.0 Å². The third kappa shape index (κ3) is 7.26. The van der Waals surface area contributed by atoms with Crippen LogP contribution in [0.4, 0.5) is 0 Å². The number of primary amides is 1. The van der Waals surface area contributed by atoms with Gasteiger partial charge in [0.25, 0.3) is 0 Å². The van der Waals surface area contributed by atoms with E-state index >= 15 is 0 Å². The van der Waals surface area contributed by atoms with Gasteiger partial charge in [0.2, 0.25) is 23.6 Å². The summed E-state index contributed by atoms with van der Waals surface area (Å²) >= 11 is 0. The van der Waals surface area contributed by atoms with Crippen molar-refractivity contribution < 1.29 is 34.2 Å². The van der Waals surface area contributed by atoms with E-state index in [1.54, 1.807) is 0 Å². The highest BCUT2D eigenvalue weighted by atomic mass is 16.4. The molecule has 0 aromatic heterocycles. The number of aliphatic carboxylic acids is 1. The van der Waals surface area contributed by atoms with E-state index in [0.29, 0.717) is 6.42 Å². The highest BCUT2D eigenvalue weighted by Gasteiger charge is 2.39. The van der Waals surface area contributed by atoms with Crippen LogP contribution in [0.25, 0.3) is 0 Å². The summed E-state index contributed by atoms with van der Waals surface area (Å²) in [4.78, 5) is 61.6. The fourth-order valence-electron chi connectivity index (χ4n) is 3.23. The predicted molar refractivity (Wildman–Crippen MR) is 105 cm³/mol. The summed E-state index contributed by atoms with van der Waals surface area (Å²) in [7, 11) is 0. The van der Waals surface area contributed by atoms with Gasteiger partial charge in [-0.25, -0.2) is 4.79 Å². The Morgan fingerprint density at radius 2 is 1.70 bits per heavy atom. The van der Waals surface area contributed by atoms with Crippen LogP contribution in [0.3, 0.4) is 0 Å². The Hall–Kier alpha value is -2.73. The van der Waals surface area contributed by atoms with Crippen molar-refractivity contribution in [1.82, 2.24) is 15.5 Å². The molecule has 0 aliphatic carbocycles. The van der Waals surface area contributed by atoms with Gasteiger partial charge in [0.15, 0.2) is 0 Å². The molecule has 170 valence electrons. The monoisotopic (exact) mass is 429 g/mol. The number of aliphatic hydroxyl groups is 1. The second-order valence-corrected chi connectivity index (χ2v) is 7.74. The van der Waals surface area contributed by atoms with E-state index in [1.165, 1.54) is 0 Å². The van der Waals surface area contributed by atoms with Crippen LogP contribution >= 0.6 is 0 Å². The van der Waals surface area contributed by atoms with E-state index in [-0.39, 0.29) is 25.3 Å². The molecule has 0 radical (unpaired) electrons. The van der Waals surface area contributed by atoms with Crippen molar-refractivity contribution in [1.29, 1.82) is 0 Å². The number of amides is 4. The number of likely N-dealkylation sites (tertiary alicyclic amines) is 1. The number of carbonyl (C=O) groups excluding carboxylic acids is 4. The Morgan fingerprint density at radius 3 is 2.20 bits per heavy atom. The van der Waals surface area contributed by atoms with Crippen LogP contribution in [0, 0.1) is 5.92 Å². The Morgan fingerprint density at radius 1 is 1.10 bits per heavy atom. The van der Waals surface area contributed by atoms with Crippen LogP contribution in [-0.2, 0) is 24.0 Å². The van der Waals surface area contributed by atoms with Crippen LogP contribution < -0.4 is 22.1 Å². The molecule has 4 amide bonds. The van der Waals surface area contributed by atoms with Crippen molar-refractivity contribution >= 4 is 29.6 Å². The summed E-state index contributed by atoms with van der Waals surface area (Å²) in [5.74, 6) is -4.27. The number of aliphatic hydroxyl groups excluding tert-OH is 1. The fourth-order valence-corrected chi connectivity index (χ4v) is 3.23. The normalized spacial score (nSPS) is 19.1. The summed E-state index contributed by atoms with van der Waals surface area (Å²) in [6.07, 6.45) is 0.426. The summed E-state index contributed by atoms with van der Waals surface area (Å²) in [5.41, 5.74) is 10.7. The first-order chi connectivity index (χ1) is 14.0. The zero-order chi connectivity index (χ0) is 23.0.